The number of ether oxygens (including phenoxy) is 1. The molecule has 0 fully saturated rings. The van der Waals surface area contributed by atoms with Crippen LogP contribution in [0, 0.1) is 0 Å². The van der Waals surface area contributed by atoms with Crippen LogP contribution in [0.4, 0.5) is 10.6 Å². The molecule has 3 rings (SSSR count). The van der Waals surface area contributed by atoms with Gasteiger partial charge < -0.3 is 20.5 Å². The average Bonchev–Trinajstić information content (AvgIpc) is 2.83. The summed E-state index contributed by atoms with van der Waals surface area (Å²) in [6.45, 7) is 8.33. The van der Waals surface area contributed by atoms with Gasteiger partial charge in [0.1, 0.15) is 17.5 Å². The summed E-state index contributed by atoms with van der Waals surface area (Å²) in [6.07, 6.45) is 4.69. The van der Waals surface area contributed by atoms with Crippen molar-refractivity contribution in [3.63, 3.8) is 0 Å². The SMILES string of the molecule is CC(C)(C)OC(=O)NC(CCN(CCCCc1ccc2c(n1)NCCC2)Cc1ccccc1)C(=O)O. The van der Waals surface area contributed by atoms with Gasteiger partial charge in [-0.25, -0.2) is 14.6 Å². The Balaban J connectivity index is 1.53. The van der Waals surface area contributed by atoms with Crippen LogP contribution in [0.1, 0.15) is 63.3 Å². The van der Waals surface area contributed by atoms with E-state index in [-0.39, 0.29) is 0 Å². The molecular weight excluding hydrogens is 456 g/mol. The summed E-state index contributed by atoms with van der Waals surface area (Å²) in [5.41, 5.74) is 2.89. The molecule has 0 bridgehead atoms. The minimum absolute atomic E-state index is 0.291. The Morgan fingerprint density at radius 1 is 1.14 bits per heavy atom. The van der Waals surface area contributed by atoms with Gasteiger partial charge in [0.05, 0.1) is 0 Å². The van der Waals surface area contributed by atoms with Crippen molar-refractivity contribution in [2.24, 2.45) is 0 Å². The molecule has 36 heavy (non-hydrogen) atoms. The van der Waals surface area contributed by atoms with Gasteiger partial charge in [-0.1, -0.05) is 36.4 Å². The summed E-state index contributed by atoms with van der Waals surface area (Å²) < 4.78 is 5.24. The fourth-order valence-electron chi connectivity index (χ4n) is 4.28. The number of amides is 1. The lowest BCUT2D eigenvalue weighted by Crippen LogP contribution is -2.45. The standard InChI is InChI=1S/C28H40N4O4/c1-28(2,3)36-27(35)31-24(26(33)34)16-19-32(20-21-10-5-4-6-11-21)18-8-7-13-23-15-14-22-12-9-17-29-25(22)30-23/h4-6,10-11,14-15,24H,7-9,12-13,16-20H2,1-3H3,(H,29,30)(H,31,35)(H,33,34). The van der Waals surface area contributed by atoms with Crippen LogP contribution < -0.4 is 10.6 Å². The third-order valence-electron chi connectivity index (χ3n) is 6.08. The molecule has 1 amide bonds. The number of nitrogens with one attached hydrogen (secondary N) is 2. The van der Waals surface area contributed by atoms with Gasteiger partial charge in [-0.05, 0) is 83.0 Å². The lowest BCUT2D eigenvalue weighted by Gasteiger charge is -2.25. The monoisotopic (exact) mass is 496 g/mol. The van der Waals surface area contributed by atoms with E-state index in [4.69, 9.17) is 9.72 Å². The van der Waals surface area contributed by atoms with E-state index in [1.165, 1.54) is 11.1 Å². The number of unbranched alkanes of at least 4 members (excludes halogenated alkanes) is 1. The molecule has 8 nitrogen and oxygen atoms in total. The number of carbonyl (C=O) groups is 2. The first kappa shape index (κ1) is 27.5. The number of benzene rings is 1. The highest BCUT2D eigenvalue weighted by atomic mass is 16.6. The van der Waals surface area contributed by atoms with E-state index >= 15 is 0 Å². The number of aryl methyl sites for hydroxylation is 2. The first-order valence-electron chi connectivity index (χ1n) is 12.9. The number of rotatable bonds is 12. The third kappa shape index (κ3) is 9.49. The van der Waals surface area contributed by atoms with Crippen LogP contribution in [0.25, 0.3) is 0 Å². The number of carbonyl (C=O) groups excluding carboxylic acids is 1. The Kier molecular flexibility index (Phi) is 10.1. The number of aliphatic carboxylic acids is 1. The Bertz CT molecular complexity index is 991. The fourth-order valence-corrected chi connectivity index (χ4v) is 4.28. The highest BCUT2D eigenvalue weighted by Gasteiger charge is 2.24. The minimum Gasteiger partial charge on any atom is -0.480 e. The quantitative estimate of drug-likeness (QED) is 0.368. The van der Waals surface area contributed by atoms with Crippen LogP contribution in [0.5, 0.6) is 0 Å². The number of nitrogens with zero attached hydrogens (tertiary/aromatic N) is 2. The molecule has 0 saturated carbocycles. The molecule has 0 radical (unpaired) electrons. The van der Waals surface area contributed by atoms with E-state index in [1.807, 2.05) is 18.2 Å². The summed E-state index contributed by atoms with van der Waals surface area (Å²) in [7, 11) is 0. The number of pyridine rings is 1. The van der Waals surface area contributed by atoms with E-state index in [1.54, 1.807) is 20.8 Å². The van der Waals surface area contributed by atoms with Gasteiger partial charge in [-0.2, -0.15) is 0 Å². The normalized spacial score (nSPS) is 14.0. The molecule has 1 aromatic heterocycles. The van der Waals surface area contributed by atoms with Gasteiger partial charge >= 0.3 is 12.1 Å². The lowest BCUT2D eigenvalue weighted by atomic mass is 10.1. The first-order chi connectivity index (χ1) is 17.2. The zero-order valence-electron chi connectivity index (χ0n) is 21.8. The van der Waals surface area contributed by atoms with Crippen molar-refractivity contribution in [1.82, 2.24) is 15.2 Å². The Morgan fingerprint density at radius 2 is 1.92 bits per heavy atom. The maximum Gasteiger partial charge on any atom is 0.408 e. The molecule has 1 aliphatic heterocycles. The number of anilines is 1. The molecule has 1 aromatic carbocycles. The molecule has 8 heteroatoms. The number of alkyl carbamates (subject to hydrolysis) is 1. The summed E-state index contributed by atoms with van der Waals surface area (Å²) in [6, 6.07) is 13.5. The van der Waals surface area contributed by atoms with Crippen LogP contribution in [0.2, 0.25) is 0 Å². The zero-order valence-corrected chi connectivity index (χ0v) is 21.8. The predicted molar refractivity (Wildman–Crippen MR) is 141 cm³/mol. The fraction of sp³-hybridized carbons (Fsp3) is 0.536. The first-order valence-corrected chi connectivity index (χ1v) is 12.9. The molecule has 2 aromatic rings. The van der Waals surface area contributed by atoms with Crippen LogP contribution >= 0.6 is 0 Å². The molecule has 0 spiro atoms. The number of hydrogen-bond donors (Lipinski definition) is 3. The van der Waals surface area contributed by atoms with Crippen molar-refractivity contribution in [3.8, 4) is 0 Å². The van der Waals surface area contributed by atoms with Gasteiger partial charge in [0.25, 0.3) is 0 Å². The second-order valence-electron chi connectivity index (χ2n) is 10.4. The lowest BCUT2D eigenvalue weighted by molar-refractivity contribution is -0.139. The van der Waals surface area contributed by atoms with Crippen LogP contribution in [0.3, 0.4) is 0 Å². The van der Waals surface area contributed by atoms with Crippen molar-refractivity contribution >= 4 is 17.9 Å². The Hall–Kier alpha value is -3.13. The number of carboxylic acid groups (broad SMARTS) is 1. The number of fused-ring (bicyclic) bond motifs is 1. The van der Waals surface area contributed by atoms with Gasteiger partial charge in [0, 0.05) is 25.3 Å². The van der Waals surface area contributed by atoms with Gasteiger partial charge in [0.2, 0.25) is 0 Å². The minimum atomic E-state index is -1.06. The number of carboxylic acids is 1. The molecule has 1 atom stereocenters. The van der Waals surface area contributed by atoms with E-state index in [0.717, 1.165) is 63.3 Å². The van der Waals surface area contributed by atoms with Gasteiger partial charge in [-0.15, -0.1) is 0 Å². The Labute approximate surface area is 214 Å². The largest absolute Gasteiger partial charge is 0.480 e. The average molecular weight is 497 g/mol. The number of hydrogen-bond acceptors (Lipinski definition) is 6. The molecule has 0 aliphatic carbocycles. The zero-order chi connectivity index (χ0) is 26.0. The second kappa shape index (κ2) is 13.3. The van der Waals surface area contributed by atoms with Crippen molar-refractivity contribution in [2.75, 3.05) is 25.0 Å². The van der Waals surface area contributed by atoms with Crippen LogP contribution in [-0.4, -0.2) is 58.3 Å². The highest BCUT2D eigenvalue weighted by Crippen LogP contribution is 2.20. The summed E-state index contributed by atoms with van der Waals surface area (Å²) >= 11 is 0. The van der Waals surface area contributed by atoms with E-state index in [2.05, 4.69) is 39.8 Å². The molecule has 1 unspecified atom stereocenters. The molecule has 3 N–H and O–H groups in total. The molecular formula is C28H40N4O4. The van der Waals surface area contributed by atoms with Gasteiger partial charge in [0.15, 0.2) is 0 Å². The van der Waals surface area contributed by atoms with Crippen molar-refractivity contribution < 1.29 is 19.4 Å². The summed E-state index contributed by atoms with van der Waals surface area (Å²) in [4.78, 5) is 31.0. The molecule has 0 saturated heterocycles. The number of aromatic nitrogens is 1. The summed E-state index contributed by atoms with van der Waals surface area (Å²) in [5.74, 6) is -0.0331. The van der Waals surface area contributed by atoms with Crippen LogP contribution in [-0.2, 0) is 28.9 Å². The summed E-state index contributed by atoms with van der Waals surface area (Å²) in [5, 5.41) is 15.5. The van der Waals surface area contributed by atoms with E-state index in [0.29, 0.717) is 13.0 Å². The topological polar surface area (TPSA) is 104 Å². The molecule has 1 aliphatic rings. The Morgan fingerprint density at radius 3 is 2.64 bits per heavy atom. The predicted octanol–water partition coefficient (Wildman–Crippen LogP) is 4.63. The van der Waals surface area contributed by atoms with Crippen molar-refractivity contribution in [3.05, 3.63) is 59.3 Å². The molecule has 2 heterocycles. The van der Waals surface area contributed by atoms with Gasteiger partial charge in [-0.3, -0.25) is 4.90 Å². The maximum absolute atomic E-state index is 12.1. The van der Waals surface area contributed by atoms with Crippen LogP contribution in [0.15, 0.2) is 42.5 Å². The third-order valence-corrected chi connectivity index (χ3v) is 6.08. The smallest absolute Gasteiger partial charge is 0.408 e. The second-order valence-corrected chi connectivity index (χ2v) is 10.4. The maximum atomic E-state index is 12.1. The van der Waals surface area contributed by atoms with Crippen molar-refractivity contribution in [2.45, 2.75) is 77.5 Å². The van der Waals surface area contributed by atoms with E-state index < -0.39 is 23.7 Å². The molecule has 196 valence electrons. The highest BCUT2D eigenvalue weighted by molar-refractivity contribution is 5.80. The van der Waals surface area contributed by atoms with E-state index in [9.17, 15) is 14.7 Å². The van der Waals surface area contributed by atoms with Crippen molar-refractivity contribution in [1.29, 1.82) is 0 Å².